The van der Waals surface area contributed by atoms with Crippen LogP contribution < -0.4 is 4.74 Å². The highest BCUT2D eigenvalue weighted by molar-refractivity contribution is 5.85. The summed E-state index contributed by atoms with van der Waals surface area (Å²) in [6.07, 6.45) is 3.65. The first-order valence-corrected chi connectivity index (χ1v) is 5.56. The van der Waals surface area contributed by atoms with Gasteiger partial charge in [0, 0.05) is 12.2 Å². The number of ether oxygens (including phenoxy) is 1. The van der Waals surface area contributed by atoms with Crippen LogP contribution in [0.1, 0.15) is 23.3 Å². The number of hydrogen-bond acceptors (Lipinski definition) is 5. The second-order valence-corrected chi connectivity index (χ2v) is 4.12. The maximum atomic E-state index is 10.7. The second kappa shape index (κ2) is 5.09. The quantitative estimate of drug-likeness (QED) is 0.828. The van der Waals surface area contributed by atoms with Gasteiger partial charge in [0.25, 0.3) is 0 Å². The summed E-state index contributed by atoms with van der Waals surface area (Å²) in [7, 11) is 2.05. The highest BCUT2D eigenvalue weighted by atomic mass is 16.5. The van der Waals surface area contributed by atoms with Crippen molar-refractivity contribution >= 4 is 5.97 Å². The lowest BCUT2D eigenvalue weighted by Crippen LogP contribution is -2.30. The van der Waals surface area contributed by atoms with Gasteiger partial charge in [-0.25, -0.2) is 9.78 Å². The van der Waals surface area contributed by atoms with Crippen molar-refractivity contribution in [2.75, 3.05) is 20.2 Å². The smallest absolute Gasteiger partial charge is 0.354 e. The molecule has 1 saturated heterocycles. The van der Waals surface area contributed by atoms with Gasteiger partial charge in [0.15, 0.2) is 5.69 Å². The Morgan fingerprint density at radius 1 is 1.71 bits per heavy atom. The molecular weight excluding hydrogens is 222 g/mol. The Hall–Kier alpha value is -1.69. The molecule has 2 heterocycles. The van der Waals surface area contributed by atoms with E-state index >= 15 is 0 Å². The van der Waals surface area contributed by atoms with E-state index in [4.69, 9.17) is 9.84 Å². The zero-order valence-corrected chi connectivity index (χ0v) is 9.67. The number of aromatic carboxylic acids is 1. The predicted octanol–water partition coefficient (Wildman–Crippen LogP) is 0.648. The Labute approximate surface area is 99.2 Å². The van der Waals surface area contributed by atoms with Gasteiger partial charge in [-0.05, 0) is 32.5 Å². The largest absolute Gasteiger partial charge is 0.477 e. The van der Waals surface area contributed by atoms with E-state index in [9.17, 15) is 4.79 Å². The molecule has 1 atom stereocenters. The lowest BCUT2D eigenvalue weighted by molar-refractivity contribution is 0.0688. The molecule has 6 nitrogen and oxygen atoms in total. The topological polar surface area (TPSA) is 75.5 Å². The van der Waals surface area contributed by atoms with Gasteiger partial charge in [-0.3, -0.25) is 0 Å². The van der Waals surface area contributed by atoms with Crippen LogP contribution in [0.5, 0.6) is 6.01 Å². The molecule has 17 heavy (non-hydrogen) atoms. The summed E-state index contributed by atoms with van der Waals surface area (Å²) in [5.74, 6) is -1.07. The molecule has 1 aromatic rings. The first kappa shape index (κ1) is 11.8. The van der Waals surface area contributed by atoms with E-state index in [0.29, 0.717) is 12.6 Å². The molecule has 92 valence electrons. The highest BCUT2D eigenvalue weighted by Crippen LogP contribution is 2.15. The SMILES string of the molecule is CN1CCC[C@H]1COc1nccc(C(=O)O)n1. The molecule has 0 saturated carbocycles. The predicted molar refractivity (Wildman–Crippen MR) is 60.1 cm³/mol. The van der Waals surface area contributed by atoms with Crippen molar-refractivity contribution in [2.24, 2.45) is 0 Å². The Morgan fingerprint density at radius 3 is 3.18 bits per heavy atom. The lowest BCUT2D eigenvalue weighted by Gasteiger charge is -2.18. The van der Waals surface area contributed by atoms with Crippen LogP contribution in [0, 0.1) is 0 Å². The molecule has 2 rings (SSSR count). The van der Waals surface area contributed by atoms with Crippen LogP contribution >= 0.6 is 0 Å². The normalized spacial score (nSPS) is 20.4. The third kappa shape index (κ3) is 2.91. The monoisotopic (exact) mass is 237 g/mol. The number of aromatic nitrogens is 2. The minimum atomic E-state index is -1.07. The first-order valence-electron chi connectivity index (χ1n) is 5.56. The average molecular weight is 237 g/mol. The van der Waals surface area contributed by atoms with Gasteiger partial charge in [0.05, 0.1) is 0 Å². The summed E-state index contributed by atoms with van der Waals surface area (Å²) in [5.41, 5.74) is -0.0465. The van der Waals surface area contributed by atoms with Gasteiger partial charge in [-0.15, -0.1) is 0 Å². The standard InChI is InChI=1S/C11H15N3O3/c1-14-6-2-3-8(14)7-17-11-12-5-4-9(13-11)10(15)16/h4-5,8H,2-3,6-7H2,1H3,(H,15,16)/t8-/m0/s1. The van der Waals surface area contributed by atoms with Crippen LogP contribution in [0.15, 0.2) is 12.3 Å². The fourth-order valence-corrected chi connectivity index (χ4v) is 1.89. The Balaban J connectivity index is 1.94. The molecule has 0 aromatic carbocycles. The van der Waals surface area contributed by atoms with Crippen LogP contribution in [0.25, 0.3) is 0 Å². The van der Waals surface area contributed by atoms with Gasteiger partial charge < -0.3 is 14.7 Å². The van der Waals surface area contributed by atoms with E-state index in [1.807, 2.05) is 0 Å². The molecule has 0 spiro atoms. The van der Waals surface area contributed by atoms with Crippen molar-refractivity contribution < 1.29 is 14.6 Å². The summed E-state index contributed by atoms with van der Waals surface area (Å²) in [5, 5.41) is 8.78. The van der Waals surface area contributed by atoms with Crippen molar-refractivity contribution in [3.63, 3.8) is 0 Å². The van der Waals surface area contributed by atoms with Crippen LogP contribution in [-0.4, -0.2) is 52.2 Å². The molecule has 1 fully saturated rings. The third-order valence-electron chi connectivity index (χ3n) is 2.93. The molecule has 1 aromatic heterocycles. The van der Waals surface area contributed by atoms with E-state index in [-0.39, 0.29) is 11.7 Å². The fraction of sp³-hybridized carbons (Fsp3) is 0.545. The molecule has 0 amide bonds. The number of nitrogens with zero attached hydrogens (tertiary/aromatic N) is 3. The number of likely N-dealkylation sites (tertiary alicyclic amines) is 1. The number of carbonyl (C=O) groups is 1. The number of rotatable bonds is 4. The van der Waals surface area contributed by atoms with E-state index in [1.165, 1.54) is 18.7 Å². The molecule has 0 bridgehead atoms. The van der Waals surface area contributed by atoms with Crippen molar-refractivity contribution in [3.05, 3.63) is 18.0 Å². The van der Waals surface area contributed by atoms with Crippen LogP contribution in [-0.2, 0) is 0 Å². The highest BCUT2D eigenvalue weighted by Gasteiger charge is 2.21. The van der Waals surface area contributed by atoms with Gasteiger partial charge in [0.1, 0.15) is 6.61 Å². The van der Waals surface area contributed by atoms with Crippen molar-refractivity contribution in [1.29, 1.82) is 0 Å². The molecule has 1 N–H and O–H groups in total. The van der Waals surface area contributed by atoms with Crippen LogP contribution in [0.2, 0.25) is 0 Å². The second-order valence-electron chi connectivity index (χ2n) is 4.12. The Morgan fingerprint density at radius 2 is 2.53 bits per heavy atom. The summed E-state index contributed by atoms with van der Waals surface area (Å²) >= 11 is 0. The Kier molecular flexibility index (Phi) is 3.53. The molecule has 1 aliphatic rings. The molecule has 0 unspecified atom stereocenters. The minimum absolute atomic E-state index is 0.0465. The third-order valence-corrected chi connectivity index (χ3v) is 2.93. The number of carboxylic acid groups (broad SMARTS) is 1. The molecular formula is C11H15N3O3. The number of likely N-dealkylation sites (N-methyl/N-ethyl adjacent to an activating group) is 1. The maximum absolute atomic E-state index is 10.7. The van der Waals surface area contributed by atoms with Gasteiger partial charge >= 0.3 is 12.0 Å². The zero-order valence-electron chi connectivity index (χ0n) is 9.67. The number of carboxylic acids is 1. The maximum Gasteiger partial charge on any atom is 0.354 e. The van der Waals surface area contributed by atoms with Crippen LogP contribution in [0.3, 0.4) is 0 Å². The van der Waals surface area contributed by atoms with Crippen LogP contribution in [0.4, 0.5) is 0 Å². The number of hydrogen-bond donors (Lipinski definition) is 1. The zero-order chi connectivity index (χ0) is 12.3. The van der Waals surface area contributed by atoms with E-state index in [2.05, 4.69) is 21.9 Å². The molecule has 6 heteroatoms. The summed E-state index contributed by atoms with van der Waals surface area (Å²) < 4.78 is 5.42. The van der Waals surface area contributed by atoms with Crippen molar-refractivity contribution in [2.45, 2.75) is 18.9 Å². The average Bonchev–Trinajstić information content (AvgIpc) is 2.72. The van der Waals surface area contributed by atoms with E-state index in [0.717, 1.165) is 13.0 Å². The van der Waals surface area contributed by atoms with Gasteiger partial charge in [-0.2, -0.15) is 4.98 Å². The van der Waals surface area contributed by atoms with Crippen molar-refractivity contribution in [1.82, 2.24) is 14.9 Å². The summed E-state index contributed by atoms with van der Waals surface area (Å²) in [6, 6.07) is 1.84. The minimum Gasteiger partial charge on any atom is -0.477 e. The van der Waals surface area contributed by atoms with Gasteiger partial charge in [-0.1, -0.05) is 0 Å². The fourth-order valence-electron chi connectivity index (χ4n) is 1.89. The first-order chi connectivity index (χ1) is 8.16. The van der Waals surface area contributed by atoms with Gasteiger partial charge in [0.2, 0.25) is 0 Å². The molecule has 0 aliphatic carbocycles. The summed E-state index contributed by atoms with van der Waals surface area (Å²) in [6.45, 7) is 1.57. The van der Waals surface area contributed by atoms with E-state index in [1.54, 1.807) is 0 Å². The lowest BCUT2D eigenvalue weighted by atomic mass is 10.2. The summed E-state index contributed by atoms with van der Waals surface area (Å²) in [4.78, 5) is 20.6. The van der Waals surface area contributed by atoms with Crippen molar-refractivity contribution in [3.8, 4) is 6.01 Å². The molecule has 0 radical (unpaired) electrons. The van der Waals surface area contributed by atoms with E-state index < -0.39 is 5.97 Å². The molecule has 1 aliphatic heterocycles. The Bertz CT molecular complexity index is 411.